The summed E-state index contributed by atoms with van der Waals surface area (Å²) in [5.74, 6) is 0. The fourth-order valence-corrected chi connectivity index (χ4v) is 1.47. The van der Waals surface area contributed by atoms with E-state index in [0.29, 0.717) is 0 Å². The summed E-state index contributed by atoms with van der Waals surface area (Å²) in [4.78, 5) is 4.37. The van der Waals surface area contributed by atoms with Gasteiger partial charge in [-0.25, -0.2) is 0 Å². The van der Waals surface area contributed by atoms with Crippen LogP contribution in [0.15, 0.2) is 29.3 Å². The molecule has 0 aromatic rings. The van der Waals surface area contributed by atoms with E-state index >= 15 is 0 Å². The molecule has 60 valence electrons. The largest absolute Gasteiger partial charge is 0.285 e. The Labute approximate surface area is 68.5 Å². The van der Waals surface area contributed by atoms with Crippen LogP contribution in [0.1, 0.15) is 20.8 Å². The van der Waals surface area contributed by atoms with Crippen molar-refractivity contribution in [2.24, 2.45) is 10.4 Å². The molecule has 0 N–H and O–H groups in total. The van der Waals surface area contributed by atoms with E-state index in [1.54, 1.807) is 0 Å². The van der Waals surface area contributed by atoms with E-state index in [1.807, 2.05) is 19.2 Å². The van der Waals surface area contributed by atoms with Crippen LogP contribution in [0.3, 0.4) is 0 Å². The molecule has 1 aliphatic rings. The highest BCUT2D eigenvalue weighted by atomic mass is 14.8. The van der Waals surface area contributed by atoms with E-state index in [0.717, 1.165) is 5.57 Å². The molecule has 1 aliphatic heterocycles. The maximum atomic E-state index is 4.37. The Morgan fingerprint density at radius 2 is 2.18 bits per heavy atom. The summed E-state index contributed by atoms with van der Waals surface area (Å²) in [6, 6.07) is 0.257. The van der Waals surface area contributed by atoms with Gasteiger partial charge in [0.2, 0.25) is 0 Å². The van der Waals surface area contributed by atoms with Gasteiger partial charge in [-0.15, -0.1) is 0 Å². The van der Waals surface area contributed by atoms with E-state index in [1.165, 1.54) is 0 Å². The summed E-state index contributed by atoms with van der Waals surface area (Å²) in [5, 5.41) is 0. The second-order valence-corrected chi connectivity index (χ2v) is 3.73. The molecule has 0 aromatic carbocycles. The molecule has 0 saturated carbocycles. The third kappa shape index (κ3) is 1.59. The third-order valence-electron chi connectivity index (χ3n) is 2.02. The Hall–Kier alpha value is -0.850. The molecule has 11 heavy (non-hydrogen) atoms. The molecule has 1 heteroatoms. The van der Waals surface area contributed by atoms with Gasteiger partial charge >= 0.3 is 0 Å². The highest BCUT2D eigenvalue weighted by Gasteiger charge is 2.27. The molecule has 0 fully saturated rings. The molecular formula is C10H15N. The van der Waals surface area contributed by atoms with Crippen molar-refractivity contribution in [3.63, 3.8) is 0 Å². The molecule has 0 bridgehead atoms. The molecule has 0 radical (unpaired) electrons. The highest BCUT2D eigenvalue weighted by molar-refractivity contribution is 5.73. The molecule has 0 unspecified atom stereocenters. The number of aliphatic imine (C=N–C) groups is 1. The Morgan fingerprint density at radius 1 is 1.55 bits per heavy atom. The first-order chi connectivity index (χ1) is 5.04. The van der Waals surface area contributed by atoms with Crippen molar-refractivity contribution in [3.8, 4) is 0 Å². The van der Waals surface area contributed by atoms with Crippen molar-refractivity contribution in [2.45, 2.75) is 26.8 Å². The molecule has 0 aliphatic carbocycles. The predicted octanol–water partition coefficient (Wildman–Crippen LogP) is 2.60. The van der Waals surface area contributed by atoms with Crippen molar-refractivity contribution in [1.29, 1.82) is 0 Å². The van der Waals surface area contributed by atoms with Crippen LogP contribution >= 0.6 is 0 Å². The minimum absolute atomic E-state index is 0.139. The van der Waals surface area contributed by atoms with Gasteiger partial charge in [0.15, 0.2) is 0 Å². The SMILES string of the molecule is C=C(C)[C@@H]1N=CC=CC1(C)C. The highest BCUT2D eigenvalue weighted by Crippen LogP contribution is 2.30. The second kappa shape index (κ2) is 2.65. The summed E-state index contributed by atoms with van der Waals surface area (Å²) in [7, 11) is 0. The first-order valence-corrected chi connectivity index (χ1v) is 3.90. The Morgan fingerprint density at radius 3 is 2.55 bits per heavy atom. The molecular weight excluding hydrogens is 134 g/mol. The van der Waals surface area contributed by atoms with Gasteiger partial charge in [0.1, 0.15) is 0 Å². The van der Waals surface area contributed by atoms with Gasteiger partial charge in [-0.2, -0.15) is 0 Å². The smallest absolute Gasteiger partial charge is 0.0789 e. The Bertz CT molecular complexity index is 221. The molecule has 0 saturated heterocycles. The van der Waals surface area contributed by atoms with Gasteiger partial charge in [-0.1, -0.05) is 32.1 Å². The molecule has 1 heterocycles. The van der Waals surface area contributed by atoms with Crippen LogP contribution in [-0.2, 0) is 0 Å². The number of nitrogens with zero attached hydrogens (tertiary/aromatic N) is 1. The molecule has 1 rings (SSSR count). The van der Waals surface area contributed by atoms with Crippen molar-refractivity contribution in [3.05, 3.63) is 24.3 Å². The quantitative estimate of drug-likeness (QED) is 0.508. The predicted molar refractivity (Wildman–Crippen MR) is 50.0 cm³/mol. The lowest BCUT2D eigenvalue weighted by molar-refractivity contribution is 0.410. The zero-order valence-electron chi connectivity index (χ0n) is 7.46. The zero-order chi connectivity index (χ0) is 8.48. The van der Waals surface area contributed by atoms with Crippen LogP contribution < -0.4 is 0 Å². The zero-order valence-corrected chi connectivity index (χ0v) is 7.46. The number of allylic oxidation sites excluding steroid dienone is 1. The van der Waals surface area contributed by atoms with Gasteiger partial charge in [0, 0.05) is 11.6 Å². The summed E-state index contributed by atoms with van der Waals surface area (Å²) in [6.07, 6.45) is 6.03. The average Bonchev–Trinajstić information content (AvgIpc) is 1.85. The van der Waals surface area contributed by atoms with Gasteiger partial charge in [-0.3, -0.25) is 4.99 Å². The maximum Gasteiger partial charge on any atom is 0.0789 e. The number of rotatable bonds is 1. The van der Waals surface area contributed by atoms with Crippen LogP contribution in [0.5, 0.6) is 0 Å². The lowest BCUT2D eigenvalue weighted by Crippen LogP contribution is -2.28. The van der Waals surface area contributed by atoms with E-state index in [2.05, 4.69) is 31.5 Å². The van der Waals surface area contributed by atoms with Gasteiger partial charge in [0.25, 0.3) is 0 Å². The van der Waals surface area contributed by atoms with Gasteiger partial charge in [-0.05, 0) is 13.0 Å². The Balaban J connectivity index is 2.89. The monoisotopic (exact) mass is 149 g/mol. The topological polar surface area (TPSA) is 12.4 Å². The molecule has 0 amide bonds. The molecule has 0 aromatic heterocycles. The van der Waals surface area contributed by atoms with Crippen LogP contribution in [0.2, 0.25) is 0 Å². The minimum atomic E-state index is 0.139. The third-order valence-corrected chi connectivity index (χ3v) is 2.02. The fourth-order valence-electron chi connectivity index (χ4n) is 1.47. The standard InChI is InChI=1S/C10H15N/c1-8(2)9-10(3,4)6-5-7-11-9/h5-7,9H,1H2,2-4H3/t9-/m0/s1. The van der Waals surface area contributed by atoms with E-state index in [9.17, 15) is 0 Å². The van der Waals surface area contributed by atoms with Gasteiger partial charge < -0.3 is 0 Å². The summed E-state index contributed by atoms with van der Waals surface area (Å²) < 4.78 is 0. The molecule has 0 spiro atoms. The minimum Gasteiger partial charge on any atom is -0.285 e. The van der Waals surface area contributed by atoms with Crippen LogP contribution in [-0.4, -0.2) is 12.3 Å². The summed E-state index contributed by atoms with van der Waals surface area (Å²) in [5.41, 5.74) is 1.27. The van der Waals surface area contributed by atoms with Crippen LogP contribution in [0.4, 0.5) is 0 Å². The number of hydrogen-bond donors (Lipinski definition) is 0. The van der Waals surface area contributed by atoms with Crippen molar-refractivity contribution in [1.82, 2.24) is 0 Å². The fraction of sp³-hybridized carbons (Fsp3) is 0.500. The summed E-state index contributed by atoms with van der Waals surface area (Å²) >= 11 is 0. The average molecular weight is 149 g/mol. The summed E-state index contributed by atoms with van der Waals surface area (Å²) in [6.45, 7) is 10.3. The number of dihydropyridines is 1. The van der Waals surface area contributed by atoms with Crippen molar-refractivity contribution in [2.75, 3.05) is 0 Å². The van der Waals surface area contributed by atoms with E-state index in [-0.39, 0.29) is 11.5 Å². The van der Waals surface area contributed by atoms with Gasteiger partial charge in [0.05, 0.1) is 6.04 Å². The Kier molecular flexibility index (Phi) is 1.99. The maximum absolute atomic E-state index is 4.37. The second-order valence-electron chi connectivity index (χ2n) is 3.73. The number of hydrogen-bond acceptors (Lipinski definition) is 1. The van der Waals surface area contributed by atoms with E-state index < -0.39 is 0 Å². The normalized spacial score (nSPS) is 27.0. The van der Waals surface area contributed by atoms with Crippen molar-refractivity contribution < 1.29 is 0 Å². The lowest BCUT2D eigenvalue weighted by atomic mass is 9.80. The van der Waals surface area contributed by atoms with Crippen molar-refractivity contribution >= 4 is 6.21 Å². The van der Waals surface area contributed by atoms with Crippen LogP contribution in [0.25, 0.3) is 0 Å². The van der Waals surface area contributed by atoms with E-state index in [4.69, 9.17) is 0 Å². The van der Waals surface area contributed by atoms with Crippen LogP contribution in [0, 0.1) is 5.41 Å². The molecule has 1 nitrogen and oxygen atoms in total. The first kappa shape index (κ1) is 8.25. The first-order valence-electron chi connectivity index (χ1n) is 3.90. The molecule has 1 atom stereocenters. The lowest BCUT2D eigenvalue weighted by Gasteiger charge is -2.30.